The Kier molecular flexibility index (Phi) is 4.54. The highest BCUT2D eigenvalue weighted by molar-refractivity contribution is 6.36. The van der Waals surface area contributed by atoms with E-state index in [0.29, 0.717) is 5.76 Å². The van der Waals surface area contributed by atoms with Crippen molar-refractivity contribution in [1.29, 1.82) is 0 Å². The van der Waals surface area contributed by atoms with Crippen LogP contribution in [0.5, 0.6) is 0 Å². The van der Waals surface area contributed by atoms with Gasteiger partial charge in [-0.25, -0.2) is 0 Å². The largest absolute Gasteiger partial charge is 0.467 e. The summed E-state index contributed by atoms with van der Waals surface area (Å²) in [4.78, 5) is 39.1. The lowest BCUT2D eigenvalue weighted by Crippen LogP contribution is -2.57. The predicted octanol–water partition coefficient (Wildman–Crippen LogP) is 3.88. The Morgan fingerprint density at radius 3 is 1.79 bits per heavy atom. The van der Waals surface area contributed by atoms with E-state index in [1.807, 2.05) is 48.5 Å². The van der Waals surface area contributed by atoms with Crippen LogP contribution in [0.2, 0.25) is 0 Å². The minimum Gasteiger partial charge on any atom is -0.467 e. The lowest BCUT2D eigenvalue weighted by Gasteiger charge is -2.54. The van der Waals surface area contributed by atoms with Crippen LogP contribution in [0, 0.1) is 11.8 Å². The third-order valence-corrected chi connectivity index (χ3v) is 8.69. The van der Waals surface area contributed by atoms with E-state index in [4.69, 9.17) is 27.6 Å². The van der Waals surface area contributed by atoms with Crippen molar-refractivity contribution in [2.75, 3.05) is 0 Å². The van der Waals surface area contributed by atoms with Crippen molar-refractivity contribution < 1.29 is 18.8 Å². The average Bonchev–Trinajstić information content (AvgIpc) is 3.46. The Morgan fingerprint density at radius 1 is 0.912 bits per heavy atom. The molecular formula is C26H20Cl2N2O4. The molecule has 1 aromatic heterocycles. The Balaban J connectivity index is 1.44. The van der Waals surface area contributed by atoms with Crippen molar-refractivity contribution in [3.05, 3.63) is 94.9 Å². The normalized spacial score (nSPS) is 29.4. The summed E-state index contributed by atoms with van der Waals surface area (Å²) in [6.45, 7) is 1.68. The van der Waals surface area contributed by atoms with E-state index in [0.717, 1.165) is 27.2 Å². The average molecular weight is 495 g/mol. The van der Waals surface area contributed by atoms with Crippen molar-refractivity contribution in [3.63, 3.8) is 0 Å². The molecule has 4 aliphatic rings. The molecule has 6 nitrogen and oxygen atoms in total. The van der Waals surface area contributed by atoms with Crippen LogP contribution in [0.3, 0.4) is 0 Å². The van der Waals surface area contributed by atoms with E-state index >= 15 is 0 Å². The molecule has 7 rings (SSSR count). The number of likely N-dealkylation sites (tertiary alicyclic amines) is 1. The van der Waals surface area contributed by atoms with Crippen LogP contribution in [0.25, 0.3) is 0 Å². The molecule has 1 N–H and O–H groups in total. The second kappa shape index (κ2) is 7.20. The number of alkyl halides is 2. The number of imide groups is 1. The summed E-state index contributed by atoms with van der Waals surface area (Å²) in [6, 6.07) is 17.3. The summed E-state index contributed by atoms with van der Waals surface area (Å²) in [5.74, 6) is -2.73. The van der Waals surface area contributed by atoms with Gasteiger partial charge in [0.05, 0.1) is 24.6 Å². The van der Waals surface area contributed by atoms with Gasteiger partial charge < -0.3 is 9.73 Å². The highest BCUT2D eigenvalue weighted by atomic mass is 35.5. The van der Waals surface area contributed by atoms with Crippen LogP contribution >= 0.6 is 23.2 Å². The van der Waals surface area contributed by atoms with Crippen molar-refractivity contribution in [3.8, 4) is 0 Å². The highest BCUT2D eigenvalue weighted by Crippen LogP contribution is 2.69. The molecule has 8 heteroatoms. The van der Waals surface area contributed by atoms with E-state index in [9.17, 15) is 14.4 Å². The van der Waals surface area contributed by atoms with Gasteiger partial charge in [0.1, 0.15) is 21.6 Å². The zero-order valence-corrected chi connectivity index (χ0v) is 19.6. The summed E-state index contributed by atoms with van der Waals surface area (Å²) in [5, 5.41) is 2.73. The summed E-state index contributed by atoms with van der Waals surface area (Å²) in [5.41, 5.74) is 2.91. The van der Waals surface area contributed by atoms with Crippen molar-refractivity contribution in [2.45, 2.75) is 29.3 Å². The first kappa shape index (κ1) is 21.4. The topological polar surface area (TPSA) is 79.6 Å². The molecule has 0 spiro atoms. The first-order chi connectivity index (χ1) is 16.3. The number of nitrogens with zero attached hydrogens (tertiary/aromatic N) is 1. The fraction of sp³-hybridized carbons (Fsp3) is 0.269. The molecule has 3 atom stereocenters. The minimum atomic E-state index is -1.26. The fourth-order valence-electron chi connectivity index (χ4n) is 5.92. The van der Waals surface area contributed by atoms with E-state index in [-0.39, 0.29) is 6.54 Å². The standard InChI is InChI=1S/C26H20Cl2N2O4/c1-14(22(31)29-13-15-7-6-12-34-15)30-23(32)20-21(24(30)33)26(28)17-9-3-2-8-16(17)25(20,27)18-10-4-5-11-19(18)26/h2-12,14,20-21H,13H2,1H3,(H,29,31)/t14-,20+,21+,25?,26?/m1/s1. The number of hydrogen-bond donors (Lipinski definition) is 1. The molecule has 2 aromatic carbocycles. The summed E-state index contributed by atoms with van der Waals surface area (Å²) < 4.78 is 5.25. The van der Waals surface area contributed by atoms with Gasteiger partial charge >= 0.3 is 0 Å². The van der Waals surface area contributed by atoms with Crippen LogP contribution < -0.4 is 5.32 Å². The Bertz CT molecular complexity index is 1230. The second-order valence-corrected chi connectivity index (χ2v) is 10.2. The number of amides is 3. The first-order valence-corrected chi connectivity index (χ1v) is 11.8. The van der Waals surface area contributed by atoms with Crippen LogP contribution in [-0.2, 0) is 30.7 Å². The van der Waals surface area contributed by atoms with Gasteiger partial charge in [-0.3, -0.25) is 19.3 Å². The highest BCUT2D eigenvalue weighted by Gasteiger charge is 2.73. The van der Waals surface area contributed by atoms with E-state index < -0.39 is 45.3 Å². The number of halogens is 2. The second-order valence-electron chi connectivity index (χ2n) is 8.99. The van der Waals surface area contributed by atoms with Crippen LogP contribution in [0.15, 0.2) is 71.3 Å². The monoisotopic (exact) mass is 494 g/mol. The van der Waals surface area contributed by atoms with Gasteiger partial charge in [-0.05, 0) is 41.3 Å². The molecule has 1 fully saturated rings. The number of nitrogens with one attached hydrogen (secondary N) is 1. The van der Waals surface area contributed by atoms with E-state index in [1.165, 1.54) is 13.2 Å². The number of carbonyl (C=O) groups excluding carboxylic acids is 3. The lowest BCUT2D eigenvalue weighted by atomic mass is 9.54. The number of benzene rings is 2. The maximum Gasteiger partial charge on any atom is 0.243 e. The van der Waals surface area contributed by atoms with Gasteiger partial charge in [-0.15, -0.1) is 23.2 Å². The van der Waals surface area contributed by atoms with Gasteiger partial charge in [-0.2, -0.15) is 0 Å². The molecule has 3 amide bonds. The number of hydrogen-bond acceptors (Lipinski definition) is 4. The van der Waals surface area contributed by atoms with Crippen LogP contribution in [0.1, 0.15) is 34.9 Å². The van der Waals surface area contributed by atoms with Gasteiger partial charge in [0.15, 0.2) is 0 Å². The van der Waals surface area contributed by atoms with Crippen molar-refractivity contribution in [2.24, 2.45) is 11.8 Å². The number of rotatable bonds is 4. The maximum absolute atomic E-state index is 13.8. The summed E-state index contributed by atoms with van der Waals surface area (Å²) >= 11 is 14.8. The molecule has 1 aliphatic heterocycles. The smallest absolute Gasteiger partial charge is 0.243 e. The molecular weight excluding hydrogens is 475 g/mol. The Morgan fingerprint density at radius 2 is 1.38 bits per heavy atom. The Hall–Kier alpha value is -3.09. The number of furan rings is 1. The van der Waals surface area contributed by atoms with E-state index in [2.05, 4.69) is 5.32 Å². The van der Waals surface area contributed by atoms with E-state index in [1.54, 1.807) is 12.1 Å². The molecule has 2 heterocycles. The molecule has 0 saturated carbocycles. The Labute approximate surface area is 205 Å². The summed E-state index contributed by atoms with van der Waals surface area (Å²) in [7, 11) is 0. The minimum absolute atomic E-state index is 0.148. The SMILES string of the molecule is C[C@H](C(=O)NCc1ccco1)N1C(=O)[C@@H]2[C@@H](C1=O)C1(Cl)c3ccccc3C2(Cl)c2ccccc21. The number of carbonyl (C=O) groups is 3. The van der Waals surface area contributed by atoms with Gasteiger partial charge in [0, 0.05) is 0 Å². The molecule has 3 aliphatic carbocycles. The van der Waals surface area contributed by atoms with Crippen molar-refractivity contribution >= 4 is 40.9 Å². The molecule has 3 aromatic rings. The van der Waals surface area contributed by atoms with Crippen LogP contribution in [-0.4, -0.2) is 28.7 Å². The molecule has 0 unspecified atom stereocenters. The molecule has 2 bridgehead atoms. The quantitative estimate of drug-likeness (QED) is 0.440. The predicted molar refractivity (Wildman–Crippen MR) is 125 cm³/mol. The van der Waals surface area contributed by atoms with Gasteiger partial charge in [0.2, 0.25) is 17.7 Å². The maximum atomic E-state index is 13.8. The van der Waals surface area contributed by atoms with Gasteiger partial charge in [-0.1, -0.05) is 48.5 Å². The zero-order valence-electron chi connectivity index (χ0n) is 18.1. The third kappa shape index (κ3) is 2.50. The zero-order chi connectivity index (χ0) is 23.8. The lowest BCUT2D eigenvalue weighted by molar-refractivity contribution is -0.147. The molecule has 34 heavy (non-hydrogen) atoms. The first-order valence-electron chi connectivity index (χ1n) is 11.1. The van der Waals surface area contributed by atoms with Crippen molar-refractivity contribution in [1.82, 2.24) is 10.2 Å². The summed E-state index contributed by atoms with van der Waals surface area (Å²) in [6.07, 6.45) is 1.51. The molecule has 0 radical (unpaired) electrons. The van der Waals surface area contributed by atoms with Crippen LogP contribution in [0.4, 0.5) is 0 Å². The third-order valence-electron chi connectivity index (χ3n) is 7.40. The van der Waals surface area contributed by atoms with Gasteiger partial charge in [0.25, 0.3) is 0 Å². The molecule has 1 saturated heterocycles. The fourth-order valence-corrected chi connectivity index (χ4v) is 7.02. The molecule has 172 valence electrons.